The Kier molecular flexibility index (Phi) is 5.49. The maximum Gasteiger partial charge on any atom is 0.204 e. The number of benzene rings is 2. The Morgan fingerprint density at radius 1 is 1.08 bits per heavy atom. The second-order valence-corrected chi connectivity index (χ2v) is 7.25. The van der Waals surface area contributed by atoms with E-state index in [-0.39, 0.29) is 6.04 Å². The highest BCUT2D eigenvalue weighted by Gasteiger charge is 2.20. The number of aromatic nitrogens is 1. The maximum atomic E-state index is 6.29. The summed E-state index contributed by atoms with van der Waals surface area (Å²) in [5.74, 6) is 1.18. The molecule has 25 heavy (non-hydrogen) atoms. The summed E-state index contributed by atoms with van der Waals surface area (Å²) >= 11 is 18.4. The summed E-state index contributed by atoms with van der Waals surface area (Å²) in [7, 11) is 1.96. The van der Waals surface area contributed by atoms with Crippen LogP contribution < -0.4 is 10.5 Å². The van der Waals surface area contributed by atoms with Gasteiger partial charge in [-0.3, -0.25) is 0 Å². The van der Waals surface area contributed by atoms with Crippen molar-refractivity contribution in [1.82, 2.24) is 4.57 Å². The number of halogens is 3. The molecule has 2 N–H and O–H groups in total. The van der Waals surface area contributed by atoms with Gasteiger partial charge in [-0.2, -0.15) is 0 Å². The van der Waals surface area contributed by atoms with Crippen molar-refractivity contribution >= 4 is 45.7 Å². The Balaban J connectivity index is 2.13. The maximum absolute atomic E-state index is 6.29. The lowest BCUT2D eigenvalue weighted by Gasteiger charge is -2.14. The third-order valence-corrected chi connectivity index (χ3v) is 5.34. The van der Waals surface area contributed by atoms with Crippen molar-refractivity contribution in [2.45, 2.75) is 25.8 Å². The molecule has 1 aromatic heterocycles. The monoisotopic (exact) mass is 396 g/mol. The molecule has 1 unspecified atom stereocenters. The van der Waals surface area contributed by atoms with Crippen LogP contribution in [0.25, 0.3) is 10.9 Å². The zero-order valence-electron chi connectivity index (χ0n) is 14.0. The average molecular weight is 398 g/mol. The van der Waals surface area contributed by atoms with E-state index in [1.165, 1.54) is 0 Å². The number of nitrogens with zero attached hydrogens (tertiary/aromatic N) is 1. The topological polar surface area (TPSA) is 40.2 Å². The highest BCUT2D eigenvalue weighted by Crippen LogP contribution is 2.40. The van der Waals surface area contributed by atoms with Gasteiger partial charge in [0.05, 0.1) is 20.6 Å². The Morgan fingerprint density at radius 3 is 2.48 bits per heavy atom. The van der Waals surface area contributed by atoms with E-state index in [4.69, 9.17) is 45.3 Å². The fourth-order valence-electron chi connectivity index (χ4n) is 2.87. The molecule has 0 fully saturated rings. The lowest BCUT2D eigenvalue weighted by Crippen LogP contribution is -2.21. The lowest BCUT2D eigenvalue weighted by atomic mass is 10.0. The van der Waals surface area contributed by atoms with Crippen LogP contribution in [0.1, 0.15) is 18.9 Å². The van der Waals surface area contributed by atoms with Gasteiger partial charge in [-0.1, -0.05) is 59.9 Å². The fraction of sp³-hybridized carbons (Fsp3) is 0.263. The number of ether oxygens (including phenoxy) is 1. The molecule has 132 valence electrons. The van der Waals surface area contributed by atoms with Crippen LogP contribution >= 0.6 is 34.8 Å². The predicted octanol–water partition coefficient (Wildman–Crippen LogP) is 6.21. The molecular weight excluding hydrogens is 379 g/mol. The summed E-state index contributed by atoms with van der Waals surface area (Å²) in [6.45, 7) is 2.08. The molecule has 0 radical (unpaired) electrons. The van der Waals surface area contributed by atoms with Crippen LogP contribution in [0, 0.1) is 0 Å². The third kappa shape index (κ3) is 3.61. The minimum absolute atomic E-state index is 0.0532. The minimum atomic E-state index is 0.0532. The number of hydrogen-bond donors (Lipinski definition) is 1. The predicted molar refractivity (Wildman–Crippen MR) is 106 cm³/mol. The van der Waals surface area contributed by atoms with E-state index < -0.39 is 0 Å². The molecule has 0 bridgehead atoms. The van der Waals surface area contributed by atoms with Crippen LogP contribution in [-0.4, -0.2) is 10.6 Å². The van der Waals surface area contributed by atoms with Gasteiger partial charge in [0.25, 0.3) is 0 Å². The summed E-state index contributed by atoms with van der Waals surface area (Å²) in [5, 5.41) is 2.32. The van der Waals surface area contributed by atoms with Crippen LogP contribution in [0.5, 0.6) is 11.6 Å². The Labute approximate surface area is 162 Å². The van der Waals surface area contributed by atoms with Crippen molar-refractivity contribution < 1.29 is 4.74 Å². The molecule has 0 saturated heterocycles. The summed E-state index contributed by atoms with van der Waals surface area (Å²) in [5.41, 5.74) is 8.35. The molecule has 6 heteroatoms. The summed E-state index contributed by atoms with van der Waals surface area (Å²) < 4.78 is 8.18. The molecule has 3 nitrogen and oxygen atoms in total. The number of aryl methyl sites for hydroxylation is 1. The first kappa shape index (κ1) is 18.4. The van der Waals surface area contributed by atoms with Crippen molar-refractivity contribution in [2.75, 3.05) is 0 Å². The van der Waals surface area contributed by atoms with E-state index in [0.717, 1.165) is 22.9 Å². The van der Waals surface area contributed by atoms with Crippen molar-refractivity contribution in [3.05, 3.63) is 57.0 Å². The summed E-state index contributed by atoms with van der Waals surface area (Å²) in [4.78, 5) is 0. The number of hydrogen-bond acceptors (Lipinski definition) is 2. The third-order valence-electron chi connectivity index (χ3n) is 4.33. The van der Waals surface area contributed by atoms with E-state index in [2.05, 4.69) is 19.1 Å². The van der Waals surface area contributed by atoms with Gasteiger partial charge in [-0.25, -0.2) is 0 Å². The highest BCUT2D eigenvalue weighted by atomic mass is 35.5. The normalized spacial score (nSPS) is 12.6. The van der Waals surface area contributed by atoms with Crippen LogP contribution in [-0.2, 0) is 13.5 Å². The molecule has 0 saturated carbocycles. The van der Waals surface area contributed by atoms with Crippen LogP contribution in [0.2, 0.25) is 15.1 Å². The highest BCUT2D eigenvalue weighted by molar-refractivity contribution is 6.43. The Bertz CT molecular complexity index is 921. The van der Waals surface area contributed by atoms with Crippen LogP contribution in [0.3, 0.4) is 0 Å². The van der Waals surface area contributed by atoms with Gasteiger partial charge in [-0.15, -0.1) is 0 Å². The number of fused-ring (bicyclic) bond motifs is 1. The van der Waals surface area contributed by atoms with Crippen LogP contribution in [0.15, 0.2) is 36.4 Å². The lowest BCUT2D eigenvalue weighted by molar-refractivity contribution is 0.437. The zero-order chi connectivity index (χ0) is 18.1. The molecule has 0 aliphatic rings. The smallest absolute Gasteiger partial charge is 0.204 e. The Morgan fingerprint density at radius 2 is 1.76 bits per heavy atom. The largest absolute Gasteiger partial charge is 0.439 e. The second kappa shape index (κ2) is 7.46. The van der Waals surface area contributed by atoms with Gasteiger partial charge in [0.2, 0.25) is 5.88 Å². The van der Waals surface area contributed by atoms with Crippen LogP contribution in [0.4, 0.5) is 0 Å². The van der Waals surface area contributed by atoms with E-state index in [0.29, 0.717) is 33.1 Å². The van der Waals surface area contributed by atoms with Gasteiger partial charge < -0.3 is 15.0 Å². The standard InChI is InChI=1S/C19H19Cl3N2O/c1-3-11(23)8-13-12-6-4-5-7-17(12)24(2)19(13)25-18-10-15(21)14(20)9-16(18)22/h4-7,9-11H,3,8,23H2,1-2H3. The van der Waals surface area contributed by atoms with Gasteiger partial charge in [0, 0.05) is 30.1 Å². The fourth-order valence-corrected chi connectivity index (χ4v) is 3.44. The van der Waals surface area contributed by atoms with E-state index >= 15 is 0 Å². The second-order valence-electron chi connectivity index (χ2n) is 6.03. The average Bonchev–Trinajstić information content (AvgIpc) is 2.85. The molecule has 1 atom stereocenters. The molecule has 3 rings (SSSR count). The van der Waals surface area contributed by atoms with Gasteiger partial charge in [0.1, 0.15) is 5.75 Å². The van der Waals surface area contributed by atoms with Crippen molar-refractivity contribution in [3.8, 4) is 11.6 Å². The minimum Gasteiger partial charge on any atom is -0.439 e. The molecule has 3 aromatic rings. The molecule has 0 aliphatic heterocycles. The zero-order valence-corrected chi connectivity index (χ0v) is 16.3. The first-order chi connectivity index (χ1) is 11.9. The molecular formula is C19H19Cl3N2O. The summed E-state index contributed by atoms with van der Waals surface area (Å²) in [6.07, 6.45) is 1.60. The molecule has 2 aromatic carbocycles. The molecule has 1 heterocycles. The molecule has 0 aliphatic carbocycles. The number of para-hydroxylation sites is 1. The Hall–Kier alpha value is -1.39. The van der Waals surface area contributed by atoms with Crippen molar-refractivity contribution in [2.24, 2.45) is 12.8 Å². The van der Waals surface area contributed by atoms with Gasteiger partial charge in [-0.05, 0) is 25.0 Å². The van der Waals surface area contributed by atoms with Crippen molar-refractivity contribution in [1.29, 1.82) is 0 Å². The van der Waals surface area contributed by atoms with E-state index in [1.807, 2.05) is 23.7 Å². The number of nitrogens with two attached hydrogens (primary N) is 1. The summed E-state index contributed by atoms with van der Waals surface area (Å²) in [6, 6.07) is 11.4. The van der Waals surface area contributed by atoms with Gasteiger partial charge in [0.15, 0.2) is 0 Å². The first-order valence-corrected chi connectivity index (χ1v) is 9.20. The van der Waals surface area contributed by atoms with E-state index in [9.17, 15) is 0 Å². The van der Waals surface area contributed by atoms with Gasteiger partial charge >= 0.3 is 0 Å². The SMILES string of the molecule is CCC(N)Cc1c(Oc2cc(Cl)c(Cl)cc2Cl)n(C)c2ccccc12. The molecule has 0 spiro atoms. The van der Waals surface area contributed by atoms with Crippen molar-refractivity contribution in [3.63, 3.8) is 0 Å². The molecule has 0 amide bonds. The number of rotatable bonds is 5. The first-order valence-electron chi connectivity index (χ1n) is 8.06. The quantitative estimate of drug-likeness (QED) is 0.520. The van der Waals surface area contributed by atoms with E-state index in [1.54, 1.807) is 12.1 Å².